The van der Waals surface area contributed by atoms with Crippen molar-refractivity contribution in [3.63, 3.8) is 0 Å². The lowest BCUT2D eigenvalue weighted by atomic mass is 10.0. The molecular weight excluding hydrogens is 234 g/mol. The highest BCUT2D eigenvalue weighted by atomic mass is 16.3. The number of benzene rings is 2. The van der Waals surface area contributed by atoms with Gasteiger partial charge in [-0.15, -0.1) is 0 Å². The van der Waals surface area contributed by atoms with Crippen LogP contribution in [0.2, 0.25) is 0 Å². The number of aryl methyl sites for hydroxylation is 1. The zero-order valence-corrected chi connectivity index (χ0v) is 11.6. The van der Waals surface area contributed by atoms with Gasteiger partial charge in [-0.25, -0.2) is 0 Å². The zero-order chi connectivity index (χ0) is 13.7. The van der Waals surface area contributed by atoms with Crippen LogP contribution in [0.4, 0.5) is 0 Å². The highest BCUT2D eigenvalue weighted by molar-refractivity contribution is 5.27. The second kappa shape index (κ2) is 6.39. The highest BCUT2D eigenvalue weighted by Crippen LogP contribution is 2.11. The van der Waals surface area contributed by atoms with Crippen molar-refractivity contribution < 1.29 is 5.11 Å². The molecule has 0 spiro atoms. The summed E-state index contributed by atoms with van der Waals surface area (Å²) in [6.07, 6.45) is 1.03. The Bertz CT molecular complexity index is 519. The van der Waals surface area contributed by atoms with Crippen LogP contribution in [0.5, 0.6) is 5.75 Å². The molecule has 2 N–H and O–H groups in total. The Morgan fingerprint density at radius 1 is 1.05 bits per heavy atom. The topological polar surface area (TPSA) is 32.3 Å². The van der Waals surface area contributed by atoms with Crippen molar-refractivity contribution in [1.29, 1.82) is 0 Å². The van der Waals surface area contributed by atoms with Crippen LogP contribution < -0.4 is 5.32 Å². The van der Waals surface area contributed by atoms with E-state index in [1.807, 2.05) is 12.1 Å². The van der Waals surface area contributed by atoms with E-state index in [0.717, 1.165) is 13.0 Å². The maximum atomic E-state index is 9.24. The lowest BCUT2D eigenvalue weighted by Gasteiger charge is -2.15. The monoisotopic (exact) mass is 255 g/mol. The Hall–Kier alpha value is -1.80. The van der Waals surface area contributed by atoms with Gasteiger partial charge in [0.1, 0.15) is 5.75 Å². The fraction of sp³-hybridized carbons (Fsp3) is 0.294. The van der Waals surface area contributed by atoms with Crippen molar-refractivity contribution >= 4 is 0 Å². The standard InChI is InChI=1S/C17H21NO/c1-13-5-3-4-6-16(13)11-14(2)18-12-15-7-9-17(19)10-8-15/h3-10,14,18-19H,11-12H2,1-2H3. The summed E-state index contributed by atoms with van der Waals surface area (Å²) in [5, 5.41) is 12.8. The van der Waals surface area contributed by atoms with Gasteiger partial charge >= 0.3 is 0 Å². The van der Waals surface area contributed by atoms with Crippen LogP contribution in [-0.4, -0.2) is 11.1 Å². The van der Waals surface area contributed by atoms with Gasteiger partial charge in [0.15, 0.2) is 0 Å². The van der Waals surface area contributed by atoms with E-state index >= 15 is 0 Å². The summed E-state index contributed by atoms with van der Waals surface area (Å²) in [6, 6.07) is 16.3. The minimum Gasteiger partial charge on any atom is -0.508 e. The lowest BCUT2D eigenvalue weighted by Crippen LogP contribution is -2.27. The van der Waals surface area contributed by atoms with Gasteiger partial charge in [-0.05, 0) is 49.1 Å². The normalized spacial score (nSPS) is 12.3. The molecule has 0 aliphatic rings. The number of phenols is 1. The van der Waals surface area contributed by atoms with E-state index in [4.69, 9.17) is 0 Å². The minimum atomic E-state index is 0.316. The number of phenolic OH excluding ortho intramolecular Hbond substituents is 1. The average molecular weight is 255 g/mol. The predicted octanol–water partition coefficient (Wildman–Crippen LogP) is 3.42. The van der Waals surface area contributed by atoms with Crippen LogP contribution in [0.1, 0.15) is 23.6 Å². The van der Waals surface area contributed by atoms with Crippen molar-refractivity contribution in [3.8, 4) is 5.75 Å². The molecule has 0 aliphatic carbocycles. The summed E-state index contributed by atoms with van der Waals surface area (Å²) in [5.74, 6) is 0.316. The summed E-state index contributed by atoms with van der Waals surface area (Å²) in [5.41, 5.74) is 3.93. The third-order valence-corrected chi connectivity index (χ3v) is 3.38. The molecule has 2 rings (SSSR count). The van der Waals surface area contributed by atoms with Gasteiger partial charge in [0, 0.05) is 12.6 Å². The first-order valence-corrected chi connectivity index (χ1v) is 6.71. The summed E-state index contributed by atoms with van der Waals surface area (Å²) in [7, 11) is 0. The van der Waals surface area contributed by atoms with E-state index in [-0.39, 0.29) is 0 Å². The number of hydrogen-bond acceptors (Lipinski definition) is 2. The SMILES string of the molecule is Cc1ccccc1CC(C)NCc1ccc(O)cc1. The van der Waals surface area contributed by atoms with Gasteiger partial charge in [-0.3, -0.25) is 0 Å². The zero-order valence-electron chi connectivity index (χ0n) is 11.6. The highest BCUT2D eigenvalue weighted by Gasteiger charge is 2.05. The van der Waals surface area contributed by atoms with Gasteiger partial charge < -0.3 is 10.4 Å². The molecule has 2 nitrogen and oxygen atoms in total. The van der Waals surface area contributed by atoms with Gasteiger partial charge in [0.05, 0.1) is 0 Å². The molecule has 0 fully saturated rings. The first kappa shape index (κ1) is 13.6. The van der Waals surface area contributed by atoms with Crippen LogP contribution in [0.3, 0.4) is 0 Å². The Morgan fingerprint density at radius 2 is 1.74 bits per heavy atom. The van der Waals surface area contributed by atoms with Crippen molar-refractivity contribution in [2.24, 2.45) is 0 Å². The van der Waals surface area contributed by atoms with E-state index in [1.54, 1.807) is 12.1 Å². The molecule has 0 saturated heterocycles. The Labute approximate surface area is 115 Å². The lowest BCUT2D eigenvalue weighted by molar-refractivity contribution is 0.474. The summed E-state index contributed by atoms with van der Waals surface area (Å²) in [4.78, 5) is 0. The van der Waals surface area contributed by atoms with Gasteiger partial charge in [-0.2, -0.15) is 0 Å². The van der Waals surface area contributed by atoms with Crippen molar-refractivity contribution in [2.45, 2.75) is 32.9 Å². The second-order valence-corrected chi connectivity index (χ2v) is 5.08. The molecule has 0 aliphatic heterocycles. The van der Waals surface area contributed by atoms with E-state index in [1.165, 1.54) is 16.7 Å². The molecule has 1 atom stereocenters. The molecule has 2 heteroatoms. The fourth-order valence-corrected chi connectivity index (χ4v) is 2.15. The maximum absolute atomic E-state index is 9.24. The summed E-state index contributed by atoms with van der Waals surface area (Å²) >= 11 is 0. The van der Waals surface area contributed by atoms with Gasteiger partial charge in [0.2, 0.25) is 0 Å². The van der Waals surface area contributed by atoms with Gasteiger partial charge in [0.25, 0.3) is 0 Å². The number of hydrogen-bond donors (Lipinski definition) is 2. The molecule has 2 aromatic rings. The van der Waals surface area contributed by atoms with Crippen molar-refractivity contribution in [1.82, 2.24) is 5.32 Å². The first-order chi connectivity index (χ1) is 9.15. The van der Waals surface area contributed by atoms with Crippen molar-refractivity contribution in [2.75, 3.05) is 0 Å². The van der Waals surface area contributed by atoms with Crippen molar-refractivity contribution in [3.05, 3.63) is 65.2 Å². The third-order valence-electron chi connectivity index (χ3n) is 3.38. The van der Waals surface area contributed by atoms with E-state index in [2.05, 4.69) is 43.4 Å². The Morgan fingerprint density at radius 3 is 2.42 bits per heavy atom. The van der Waals surface area contributed by atoms with Crippen LogP contribution in [0, 0.1) is 6.92 Å². The molecule has 0 bridgehead atoms. The predicted molar refractivity (Wildman–Crippen MR) is 79.3 cm³/mol. The summed E-state index contributed by atoms with van der Waals surface area (Å²) < 4.78 is 0. The summed E-state index contributed by atoms with van der Waals surface area (Å²) in [6.45, 7) is 5.18. The molecular formula is C17H21NO. The average Bonchev–Trinajstić information content (AvgIpc) is 2.41. The third kappa shape index (κ3) is 4.11. The molecule has 1 unspecified atom stereocenters. The maximum Gasteiger partial charge on any atom is 0.115 e. The molecule has 0 saturated carbocycles. The first-order valence-electron chi connectivity index (χ1n) is 6.71. The fourth-order valence-electron chi connectivity index (χ4n) is 2.15. The van der Waals surface area contributed by atoms with E-state index in [9.17, 15) is 5.11 Å². The van der Waals surface area contributed by atoms with Gasteiger partial charge in [-0.1, -0.05) is 36.4 Å². The minimum absolute atomic E-state index is 0.316. The molecule has 0 heterocycles. The smallest absolute Gasteiger partial charge is 0.115 e. The van der Waals surface area contributed by atoms with E-state index in [0.29, 0.717) is 11.8 Å². The van der Waals surface area contributed by atoms with Crippen LogP contribution in [0.25, 0.3) is 0 Å². The number of nitrogens with one attached hydrogen (secondary N) is 1. The number of aromatic hydroxyl groups is 1. The second-order valence-electron chi connectivity index (χ2n) is 5.08. The molecule has 0 radical (unpaired) electrons. The molecule has 19 heavy (non-hydrogen) atoms. The quantitative estimate of drug-likeness (QED) is 0.858. The molecule has 2 aromatic carbocycles. The van der Waals surface area contributed by atoms with Crippen LogP contribution in [-0.2, 0) is 13.0 Å². The molecule has 100 valence electrons. The number of rotatable bonds is 5. The largest absolute Gasteiger partial charge is 0.508 e. The Kier molecular flexibility index (Phi) is 4.58. The molecule has 0 amide bonds. The van der Waals surface area contributed by atoms with Crippen LogP contribution in [0.15, 0.2) is 48.5 Å². The van der Waals surface area contributed by atoms with E-state index < -0.39 is 0 Å². The van der Waals surface area contributed by atoms with Crippen LogP contribution >= 0.6 is 0 Å². The Balaban J connectivity index is 1.86. The molecule has 0 aromatic heterocycles.